The summed E-state index contributed by atoms with van der Waals surface area (Å²) in [4.78, 5) is 33.1. The number of ether oxygens (including phenoxy) is 3. The number of nitrogens with one attached hydrogen (secondary N) is 1. The minimum absolute atomic E-state index is 0.142. The van der Waals surface area contributed by atoms with E-state index in [4.69, 9.17) is 30.8 Å². The molecule has 1 saturated carbocycles. The number of rotatable bonds is 11. The van der Waals surface area contributed by atoms with E-state index in [2.05, 4.69) is 5.32 Å². The van der Waals surface area contributed by atoms with Crippen molar-refractivity contribution in [2.24, 2.45) is 5.92 Å². The first-order chi connectivity index (χ1) is 19.9. The second-order valence-electron chi connectivity index (χ2n) is 9.74. The average Bonchev–Trinajstić information content (AvgIpc) is 3.72. The number of hydrogen-bond acceptors (Lipinski definition) is 6. The Labute approximate surface area is 243 Å². The molecule has 1 aromatic heterocycles. The first kappa shape index (κ1) is 28.0. The van der Waals surface area contributed by atoms with E-state index in [0.29, 0.717) is 51.9 Å². The molecule has 1 aliphatic carbocycles. The smallest absolute Gasteiger partial charge is 0.255 e. The fourth-order valence-corrected chi connectivity index (χ4v) is 4.73. The lowest BCUT2D eigenvalue weighted by atomic mass is 10.1. The minimum Gasteiger partial charge on any atom is -0.497 e. The van der Waals surface area contributed by atoms with Crippen molar-refractivity contribution >= 4 is 29.4 Å². The van der Waals surface area contributed by atoms with E-state index in [1.54, 1.807) is 67.2 Å². The largest absolute Gasteiger partial charge is 0.497 e. The molecule has 0 unspecified atom stereocenters. The monoisotopic (exact) mass is 574 g/mol. The molecule has 1 N–H and O–H groups in total. The molecule has 0 aliphatic heterocycles. The summed E-state index contributed by atoms with van der Waals surface area (Å²) < 4.78 is 17.9. The number of carbonyl (C=O) groups is 2. The Morgan fingerprint density at radius 3 is 2.37 bits per heavy atom. The summed E-state index contributed by atoms with van der Waals surface area (Å²) in [5.74, 6) is 1.85. The van der Waals surface area contributed by atoms with Crippen LogP contribution >= 0.6 is 11.6 Å². The third-order valence-electron chi connectivity index (χ3n) is 6.89. The Bertz CT molecular complexity index is 1550. The first-order valence-corrected chi connectivity index (χ1v) is 13.6. The molecule has 3 aromatic carbocycles. The molecule has 2 amide bonds. The molecule has 212 valence electrons. The lowest BCUT2D eigenvalue weighted by Gasteiger charge is -2.22. The van der Waals surface area contributed by atoms with Crippen molar-refractivity contribution < 1.29 is 23.8 Å². The van der Waals surface area contributed by atoms with E-state index in [9.17, 15) is 9.59 Å². The highest BCUT2D eigenvalue weighted by Gasteiger charge is 2.29. The summed E-state index contributed by atoms with van der Waals surface area (Å²) >= 11 is 6.31. The summed E-state index contributed by atoms with van der Waals surface area (Å²) in [6.07, 6.45) is 3.89. The zero-order chi connectivity index (χ0) is 28.9. The molecule has 10 heteroatoms. The van der Waals surface area contributed by atoms with Crippen LogP contribution in [0.1, 0.15) is 23.2 Å². The number of benzene rings is 3. The zero-order valence-electron chi connectivity index (χ0n) is 23.1. The molecule has 0 atom stereocenters. The number of amides is 2. The van der Waals surface area contributed by atoms with Crippen LogP contribution in [0.5, 0.6) is 17.2 Å². The molecule has 1 fully saturated rings. The van der Waals surface area contributed by atoms with Crippen molar-refractivity contribution in [3.05, 3.63) is 83.5 Å². The van der Waals surface area contributed by atoms with Crippen molar-refractivity contribution in [2.75, 3.05) is 39.7 Å². The van der Waals surface area contributed by atoms with Crippen molar-refractivity contribution in [1.29, 1.82) is 0 Å². The molecule has 1 heterocycles. The maximum atomic E-state index is 13.4. The van der Waals surface area contributed by atoms with Gasteiger partial charge in [0.2, 0.25) is 11.9 Å². The van der Waals surface area contributed by atoms with Gasteiger partial charge in [0, 0.05) is 24.4 Å². The SMILES string of the molecule is COc1ccc(-c2cn(-c3ccc(OC)c(OC)c3)c(NC(=O)CN(CC3CC3)C(=O)c3ccccc3Cl)n2)cc1. The van der Waals surface area contributed by atoms with Crippen molar-refractivity contribution in [2.45, 2.75) is 12.8 Å². The fourth-order valence-electron chi connectivity index (χ4n) is 4.51. The average molecular weight is 575 g/mol. The Balaban J connectivity index is 1.45. The van der Waals surface area contributed by atoms with Crippen molar-refractivity contribution in [3.63, 3.8) is 0 Å². The van der Waals surface area contributed by atoms with Crippen LogP contribution in [0.15, 0.2) is 72.9 Å². The highest BCUT2D eigenvalue weighted by molar-refractivity contribution is 6.33. The van der Waals surface area contributed by atoms with Gasteiger partial charge in [-0.1, -0.05) is 23.7 Å². The van der Waals surface area contributed by atoms with Crippen molar-refractivity contribution in [1.82, 2.24) is 14.5 Å². The number of carbonyl (C=O) groups excluding carboxylic acids is 2. The third kappa shape index (κ3) is 6.47. The molecule has 1 aliphatic rings. The minimum atomic E-state index is -0.375. The summed E-state index contributed by atoms with van der Waals surface area (Å²) in [5, 5.41) is 3.28. The maximum Gasteiger partial charge on any atom is 0.255 e. The number of methoxy groups -OCH3 is 3. The third-order valence-corrected chi connectivity index (χ3v) is 7.22. The van der Waals surface area contributed by atoms with Crippen LogP contribution in [0.4, 0.5) is 5.95 Å². The van der Waals surface area contributed by atoms with Crippen LogP contribution in [0.25, 0.3) is 16.9 Å². The number of aromatic nitrogens is 2. The zero-order valence-corrected chi connectivity index (χ0v) is 23.9. The van der Waals surface area contributed by atoms with Crippen LogP contribution < -0.4 is 19.5 Å². The van der Waals surface area contributed by atoms with Gasteiger partial charge in [-0.25, -0.2) is 4.98 Å². The van der Waals surface area contributed by atoms with Crippen LogP contribution in [0.3, 0.4) is 0 Å². The van der Waals surface area contributed by atoms with Gasteiger partial charge < -0.3 is 19.1 Å². The lowest BCUT2D eigenvalue weighted by Crippen LogP contribution is -2.39. The van der Waals surface area contributed by atoms with Crippen LogP contribution in [-0.4, -0.2) is 60.7 Å². The van der Waals surface area contributed by atoms with Gasteiger partial charge in [-0.2, -0.15) is 0 Å². The summed E-state index contributed by atoms with van der Waals surface area (Å²) in [6.45, 7) is 0.343. The number of anilines is 1. The number of nitrogens with zero attached hydrogens (tertiary/aromatic N) is 3. The predicted molar refractivity (Wildman–Crippen MR) is 157 cm³/mol. The molecule has 0 radical (unpaired) electrons. The van der Waals surface area contributed by atoms with E-state index in [-0.39, 0.29) is 18.4 Å². The molecular formula is C31H31ClN4O5. The Hall–Kier alpha value is -4.50. The fraction of sp³-hybridized carbons (Fsp3) is 0.258. The second kappa shape index (κ2) is 12.3. The van der Waals surface area contributed by atoms with Gasteiger partial charge in [-0.15, -0.1) is 0 Å². The standard InChI is InChI=1S/C31H31ClN4O5/c1-39-23-13-10-21(11-14-23)26-18-36(22-12-15-27(40-2)28(16-22)41-3)31(33-26)34-29(37)19-35(17-20-8-9-20)30(38)24-6-4-5-7-25(24)32/h4-7,10-16,18,20H,8-9,17,19H2,1-3H3,(H,33,34,37). The molecule has 4 aromatic rings. The molecule has 0 spiro atoms. The summed E-state index contributed by atoms with van der Waals surface area (Å²) in [5.41, 5.74) is 2.55. The van der Waals surface area contributed by atoms with E-state index in [1.165, 1.54) is 0 Å². The van der Waals surface area contributed by atoms with E-state index >= 15 is 0 Å². The lowest BCUT2D eigenvalue weighted by molar-refractivity contribution is -0.117. The molecular weight excluding hydrogens is 544 g/mol. The van der Waals surface area contributed by atoms with Gasteiger partial charge in [0.05, 0.1) is 43.3 Å². The molecule has 0 bridgehead atoms. The number of halogens is 1. The topological polar surface area (TPSA) is 94.9 Å². The maximum absolute atomic E-state index is 13.4. The molecule has 41 heavy (non-hydrogen) atoms. The number of hydrogen-bond donors (Lipinski definition) is 1. The van der Waals surface area contributed by atoms with Gasteiger partial charge >= 0.3 is 0 Å². The Kier molecular flexibility index (Phi) is 8.45. The van der Waals surface area contributed by atoms with Gasteiger partial charge in [-0.05, 0) is 67.3 Å². The Morgan fingerprint density at radius 1 is 0.976 bits per heavy atom. The van der Waals surface area contributed by atoms with Crippen LogP contribution in [0.2, 0.25) is 5.02 Å². The second-order valence-corrected chi connectivity index (χ2v) is 10.2. The normalized spacial score (nSPS) is 12.5. The quantitative estimate of drug-likeness (QED) is 0.247. The highest BCUT2D eigenvalue weighted by Crippen LogP contribution is 2.33. The number of imidazole rings is 1. The van der Waals surface area contributed by atoms with E-state index in [1.807, 2.05) is 36.5 Å². The van der Waals surface area contributed by atoms with E-state index < -0.39 is 0 Å². The predicted octanol–water partition coefficient (Wildman–Crippen LogP) is 5.71. The highest BCUT2D eigenvalue weighted by atomic mass is 35.5. The first-order valence-electron chi connectivity index (χ1n) is 13.2. The summed E-state index contributed by atoms with van der Waals surface area (Å²) in [6, 6.07) is 19.8. The van der Waals surface area contributed by atoms with Gasteiger partial charge in [0.1, 0.15) is 12.3 Å². The van der Waals surface area contributed by atoms with Crippen molar-refractivity contribution in [3.8, 4) is 34.2 Å². The molecule has 0 saturated heterocycles. The van der Waals surface area contributed by atoms with Gasteiger partial charge in [0.15, 0.2) is 11.5 Å². The molecule has 5 rings (SSSR count). The Morgan fingerprint density at radius 2 is 1.71 bits per heavy atom. The summed E-state index contributed by atoms with van der Waals surface area (Å²) in [7, 11) is 4.74. The molecule has 9 nitrogen and oxygen atoms in total. The van der Waals surface area contributed by atoms with Crippen LogP contribution in [-0.2, 0) is 4.79 Å². The van der Waals surface area contributed by atoms with Crippen LogP contribution in [0, 0.1) is 5.92 Å². The van der Waals surface area contributed by atoms with Gasteiger partial charge in [-0.3, -0.25) is 19.5 Å². The van der Waals surface area contributed by atoms with Gasteiger partial charge in [0.25, 0.3) is 5.91 Å². The van der Waals surface area contributed by atoms with E-state index in [0.717, 1.165) is 24.2 Å².